The molecule has 112 valence electrons. The quantitative estimate of drug-likeness (QED) is 0.644. The Labute approximate surface area is 121 Å². The van der Waals surface area contributed by atoms with Crippen molar-refractivity contribution < 1.29 is 17.6 Å². The predicted molar refractivity (Wildman–Crippen MR) is 74.5 cm³/mol. The minimum atomic E-state index is -4.33. The zero-order chi connectivity index (χ0) is 15.6. The Morgan fingerprint density at radius 3 is 1.57 bits per heavy atom. The van der Waals surface area contributed by atoms with Gasteiger partial charge in [-0.25, -0.2) is 4.39 Å². The van der Waals surface area contributed by atoms with Gasteiger partial charge in [0, 0.05) is 5.92 Å². The molecule has 0 amide bonds. The molecule has 1 unspecified atom stereocenters. The summed E-state index contributed by atoms with van der Waals surface area (Å²) in [5, 5.41) is 0. The molecule has 0 radical (unpaired) electrons. The highest BCUT2D eigenvalue weighted by Gasteiger charge is 2.30. The Bertz CT molecular complexity index is 580. The molecule has 0 fully saturated rings. The van der Waals surface area contributed by atoms with Crippen LogP contribution in [0.4, 0.5) is 17.6 Å². The minimum absolute atomic E-state index is 0.0621. The van der Waals surface area contributed by atoms with Gasteiger partial charge in [-0.05, 0) is 41.3 Å². The van der Waals surface area contributed by atoms with Crippen molar-refractivity contribution in [3.63, 3.8) is 0 Å². The van der Waals surface area contributed by atoms with Gasteiger partial charge in [-0.1, -0.05) is 38.1 Å². The van der Waals surface area contributed by atoms with E-state index < -0.39 is 11.7 Å². The molecule has 0 spiro atoms. The molecule has 0 aliphatic carbocycles. The van der Waals surface area contributed by atoms with E-state index in [0.29, 0.717) is 0 Å². The second kappa shape index (κ2) is 5.88. The Morgan fingerprint density at radius 2 is 1.19 bits per heavy atom. The third-order valence-corrected chi connectivity index (χ3v) is 3.49. The van der Waals surface area contributed by atoms with Crippen molar-refractivity contribution in [1.82, 2.24) is 0 Å². The second-order valence-corrected chi connectivity index (χ2v) is 5.39. The molecule has 2 rings (SSSR count). The molecule has 0 nitrogen and oxygen atoms in total. The largest absolute Gasteiger partial charge is 0.416 e. The highest BCUT2D eigenvalue weighted by Crippen LogP contribution is 2.34. The van der Waals surface area contributed by atoms with Crippen molar-refractivity contribution in [1.29, 1.82) is 0 Å². The summed E-state index contributed by atoms with van der Waals surface area (Å²) in [6.07, 6.45) is -4.33. The molecule has 1 atom stereocenters. The lowest BCUT2D eigenvalue weighted by Gasteiger charge is -2.22. The van der Waals surface area contributed by atoms with E-state index in [4.69, 9.17) is 0 Å². The first-order valence-electron chi connectivity index (χ1n) is 6.71. The van der Waals surface area contributed by atoms with E-state index in [1.54, 1.807) is 12.1 Å². The van der Waals surface area contributed by atoms with Gasteiger partial charge in [-0.15, -0.1) is 0 Å². The van der Waals surface area contributed by atoms with Crippen LogP contribution in [0.5, 0.6) is 0 Å². The number of benzene rings is 2. The number of hydrogen-bond acceptors (Lipinski definition) is 0. The third-order valence-electron chi connectivity index (χ3n) is 3.49. The Hall–Kier alpha value is -1.84. The first-order valence-corrected chi connectivity index (χ1v) is 6.71. The molecule has 0 bridgehead atoms. The molecule has 0 aliphatic heterocycles. The van der Waals surface area contributed by atoms with Gasteiger partial charge in [0.1, 0.15) is 5.82 Å². The van der Waals surface area contributed by atoms with E-state index in [0.717, 1.165) is 23.3 Å². The van der Waals surface area contributed by atoms with E-state index in [-0.39, 0.29) is 17.7 Å². The number of rotatable bonds is 3. The molecule has 0 N–H and O–H groups in total. The summed E-state index contributed by atoms with van der Waals surface area (Å²) in [5.74, 6) is -0.200. The second-order valence-electron chi connectivity index (χ2n) is 5.39. The van der Waals surface area contributed by atoms with Crippen molar-refractivity contribution >= 4 is 0 Å². The van der Waals surface area contributed by atoms with Gasteiger partial charge in [0.2, 0.25) is 0 Å². The van der Waals surface area contributed by atoms with Crippen LogP contribution in [0, 0.1) is 11.7 Å². The number of hydrogen-bond donors (Lipinski definition) is 0. The Morgan fingerprint density at radius 1 is 0.762 bits per heavy atom. The highest BCUT2D eigenvalue weighted by molar-refractivity contribution is 5.35. The summed E-state index contributed by atoms with van der Waals surface area (Å²) in [6, 6.07) is 11.3. The minimum Gasteiger partial charge on any atom is -0.207 e. The van der Waals surface area contributed by atoms with Crippen LogP contribution in [0.1, 0.15) is 36.5 Å². The van der Waals surface area contributed by atoms with Crippen LogP contribution in [0.25, 0.3) is 0 Å². The molecule has 0 saturated heterocycles. The molecule has 0 heterocycles. The normalized spacial score (nSPS) is 13.5. The maximum Gasteiger partial charge on any atom is 0.416 e. The van der Waals surface area contributed by atoms with Gasteiger partial charge in [-0.3, -0.25) is 0 Å². The van der Waals surface area contributed by atoms with E-state index in [2.05, 4.69) is 0 Å². The van der Waals surface area contributed by atoms with Crippen LogP contribution >= 0.6 is 0 Å². The van der Waals surface area contributed by atoms with Gasteiger partial charge in [0.05, 0.1) is 5.56 Å². The van der Waals surface area contributed by atoms with E-state index in [1.165, 1.54) is 24.3 Å². The lowest BCUT2D eigenvalue weighted by molar-refractivity contribution is -0.137. The van der Waals surface area contributed by atoms with Crippen LogP contribution in [-0.4, -0.2) is 0 Å². The molecule has 21 heavy (non-hydrogen) atoms. The topological polar surface area (TPSA) is 0 Å². The van der Waals surface area contributed by atoms with Gasteiger partial charge in [0.15, 0.2) is 0 Å². The van der Waals surface area contributed by atoms with E-state index in [1.807, 2.05) is 13.8 Å². The first kappa shape index (κ1) is 15.5. The summed E-state index contributed by atoms with van der Waals surface area (Å²) in [6.45, 7) is 3.98. The summed E-state index contributed by atoms with van der Waals surface area (Å²) in [4.78, 5) is 0. The van der Waals surface area contributed by atoms with Crippen molar-refractivity contribution in [3.8, 4) is 0 Å². The maximum atomic E-state index is 13.0. The fourth-order valence-electron chi connectivity index (χ4n) is 2.51. The molecule has 0 aromatic heterocycles. The standard InChI is InChI=1S/C17H16F4/c1-11(2)16(13-5-9-15(18)10-6-13)12-3-7-14(8-4-12)17(19,20)21/h3-11,16H,1-2H3. The molecular weight excluding hydrogens is 280 g/mol. The van der Waals surface area contributed by atoms with E-state index in [9.17, 15) is 17.6 Å². The van der Waals surface area contributed by atoms with Gasteiger partial charge in [-0.2, -0.15) is 13.2 Å². The highest BCUT2D eigenvalue weighted by atomic mass is 19.4. The van der Waals surface area contributed by atoms with Crippen LogP contribution in [0.3, 0.4) is 0 Å². The fourth-order valence-corrected chi connectivity index (χ4v) is 2.51. The van der Waals surface area contributed by atoms with Crippen molar-refractivity contribution in [2.45, 2.75) is 25.9 Å². The SMILES string of the molecule is CC(C)C(c1ccc(F)cc1)c1ccc(C(F)(F)F)cc1. The molecular formula is C17H16F4. The van der Waals surface area contributed by atoms with Crippen LogP contribution in [0.15, 0.2) is 48.5 Å². The smallest absolute Gasteiger partial charge is 0.207 e. The molecule has 4 heteroatoms. The molecule has 0 saturated carbocycles. The van der Waals surface area contributed by atoms with Crippen LogP contribution in [0.2, 0.25) is 0 Å². The van der Waals surface area contributed by atoms with Crippen LogP contribution in [-0.2, 0) is 6.18 Å². The van der Waals surface area contributed by atoms with Crippen molar-refractivity contribution in [3.05, 3.63) is 71.0 Å². The molecule has 2 aromatic rings. The number of alkyl halides is 3. The summed E-state index contributed by atoms with van der Waals surface area (Å²) in [5.41, 5.74) is 1.03. The monoisotopic (exact) mass is 296 g/mol. The first-order chi connectivity index (χ1) is 9.79. The van der Waals surface area contributed by atoms with Gasteiger partial charge >= 0.3 is 6.18 Å². The zero-order valence-electron chi connectivity index (χ0n) is 11.8. The lowest BCUT2D eigenvalue weighted by Crippen LogP contribution is -2.10. The maximum absolute atomic E-state index is 13.0. The summed E-state index contributed by atoms with van der Waals surface area (Å²) >= 11 is 0. The molecule has 0 aliphatic rings. The fraction of sp³-hybridized carbons (Fsp3) is 0.294. The molecule has 2 aromatic carbocycles. The average molecular weight is 296 g/mol. The Kier molecular flexibility index (Phi) is 4.35. The number of halogens is 4. The third kappa shape index (κ3) is 3.63. The average Bonchev–Trinajstić information content (AvgIpc) is 2.40. The summed E-state index contributed by atoms with van der Waals surface area (Å²) < 4.78 is 50.8. The Balaban J connectivity index is 2.37. The predicted octanol–water partition coefficient (Wildman–Crippen LogP) is 5.63. The van der Waals surface area contributed by atoms with Crippen molar-refractivity contribution in [2.75, 3.05) is 0 Å². The van der Waals surface area contributed by atoms with Crippen molar-refractivity contribution in [2.24, 2.45) is 5.92 Å². The summed E-state index contributed by atoms with van der Waals surface area (Å²) in [7, 11) is 0. The van der Waals surface area contributed by atoms with Crippen LogP contribution < -0.4 is 0 Å². The van der Waals surface area contributed by atoms with Gasteiger partial charge in [0.25, 0.3) is 0 Å². The zero-order valence-corrected chi connectivity index (χ0v) is 11.8. The van der Waals surface area contributed by atoms with E-state index >= 15 is 0 Å². The van der Waals surface area contributed by atoms with Gasteiger partial charge < -0.3 is 0 Å². The lowest BCUT2D eigenvalue weighted by atomic mass is 9.82.